The average molecular weight is 335 g/mol. The normalized spacial score (nSPS) is 20.0. The largest absolute Gasteiger partial charge is 0.467 e. The Hall–Kier alpha value is -1.86. The van der Waals surface area contributed by atoms with Gasteiger partial charge in [0.05, 0.1) is 6.26 Å². The summed E-state index contributed by atoms with van der Waals surface area (Å²) in [7, 11) is 0. The number of rotatable bonds is 4. The molecule has 1 aliphatic heterocycles. The number of nitrogens with one attached hydrogen (secondary N) is 1. The lowest BCUT2D eigenvalue weighted by molar-refractivity contribution is 0.0987. The van der Waals surface area contributed by atoms with E-state index in [2.05, 4.69) is 10.3 Å². The van der Waals surface area contributed by atoms with Crippen molar-refractivity contribution in [1.82, 2.24) is 9.88 Å². The van der Waals surface area contributed by atoms with Gasteiger partial charge in [0.1, 0.15) is 11.9 Å². The Morgan fingerprint density at radius 3 is 3.17 bits per heavy atom. The second kappa shape index (κ2) is 7.61. The Bertz CT molecular complexity index is 600. The summed E-state index contributed by atoms with van der Waals surface area (Å²) in [5.74, 6) is 0.550. The van der Waals surface area contributed by atoms with Crippen LogP contribution in [-0.4, -0.2) is 33.6 Å². The number of furan rings is 1. The molecule has 23 heavy (non-hydrogen) atoms. The zero-order chi connectivity index (χ0) is 16.1. The number of anilines is 1. The number of aliphatic hydroxyl groups excluding tert-OH is 1. The third-order valence-corrected chi connectivity index (χ3v) is 4.84. The highest BCUT2D eigenvalue weighted by molar-refractivity contribution is 7.13. The number of hydrogen-bond acceptors (Lipinski definition) is 5. The summed E-state index contributed by atoms with van der Waals surface area (Å²) in [6.07, 6.45) is 7.06. The van der Waals surface area contributed by atoms with Crippen molar-refractivity contribution in [1.29, 1.82) is 0 Å². The Kier molecular flexibility index (Phi) is 5.30. The van der Waals surface area contributed by atoms with Gasteiger partial charge in [-0.3, -0.25) is 5.32 Å². The van der Waals surface area contributed by atoms with Crippen LogP contribution in [0.5, 0.6) is 0 Å². The first-order chi connectivity index (χ1) is 11.2. The minimum Gasteiger partial charge on any atom is -0.467 e. The maximum Gasteiger partial charge on any atom is 0.323 e. The molecular formula is C16H21N3O3S. The molecule has 3 rings (SSSR count). The second-order valence-corrected chi connectivity index (χ2v) is 6.63. The molecule has 0 aliphatic carbocycles. The topological polar surface area (TPSA) is 78.6 Å². The lowest BCUT2D eigenvalue weighted by Gasteiger charge is -2.31. The van der Waals surface area contributed by atoms with Gasteiger partial charge in [0, 0.05) is 30.6 Å². The summed E-state index contributed by atoms with van der Waals surface area (Å²) in [5, 5.41) is 15.6. The number of carbonyl (C=O) groups is 1. The molecule has 3 heterocycles. The molecule has 2 amide bonds. The van der Waals surface area contributed by atoms with Crippen LogP contribution in [0.2, 0.25) is 0 Å². The fraction of sp³-hybridized carbons (Fsp3) is 0.500. The minimum absolute atomic E-state index is 0.00226. The summed E-state index contributed by atoms with van der Waals surface area (Å²) in [5.41, 5.74) is 0. The summed E-state index contributed by atoms with van der Waals surface area (Å²) in [4.78, 5) is 18.5. The van der Waals surface area contributed by atoms with Gasteiger partial charge < -0.3 is 14.4 Å². The number of aliphatic hydroxyl groups is 1. The van der Waals surface area contributed by atoms with Crippen LogP contribution in [0.4, 0.5) is 9.93 Å². The molecule has 0 bridgehead atoms. The number of aromatic nitrogens is 1. The van der Waals surface area contributed by atoms with Crippen molar-refractivity contribution in [3.05, 3.63) is 35.7 Å². The van der Waals surface area contributed by atoms with Gasteiger partial charge >= 0.3 is 6.03 Å². The molecule has 6 nitrogen and oxygen atoms in total. The predicted molar refractivity (Wildman–Crippen MR) is 88.4 cm³/mol. The smallest absolute Gasteiger partial charge is 0.323 e. The van der Waals surface area contributed by atoms with E-state index in [0.29, 0.717) is 23.9 Å². The van der Waals surface area contributed by atoms with Crippen molar-refractivity contribution < 1.29 is 14.3 Å². The van der Waals surface area contributed by atoms with Gasteiger partial charge in [0.15, 0.2) is 5.13 Å². The van der Waals surface area contributed by atoms with Crippen LogP contribution in [-0.2, 0) is 0 Å². The molecular weight excluding hydrogens is 314 g/mol. The molecule has 0 radical (unpaired) electrons. The van der Waals surface area contributed by atoms with Crippen LogP contribution in [0.1, 0.15) is 44.0 Å². The number of thiazole rings is 1. The van der Waals surface area contributed by atoms with Crippen molar-refractivity contribution in [2.45, 2.75) is 44.2 Å². The monoisotopic (exact) mass is 335 g/mol. The van der Waals surface area contributed by atoms with Crippen molar-refractivity contribution in [3.8, 4) is 0 Å². The van der Waals surface area contributed by atoms with E-state index < -0.39 is 6.10 Å². The second-order valence-electron chi connectivity index (χ2n) is 5.73. The Labute approximate surface area is 139 Å². The van der Waals surface area contributed by atoms with E-state index in [1.165, 1.54) is 11.3 Å². The zero-order valence-corrected chi connectivity index (χ0v) is 13.7. The fourth-order valence-corrected chi connectivity index (χ4v) is 3.51. The van der Waals surface area contributed by atoms with E-state index >= 15 is 0 Å². The molecule has 0 spiro atoms. The SMILES string of the molecule is O=C(Nc1nccs1)N1CCCCC[C@@H]1C[C@H](O)c1ccco1. The van der Waals surface area contributed by atoms with Gasteiger partial charge in [0.25, 0.3) is 0 Å². The highest BCUT2D eigenvalue weighted by Gasteiger charge is 2.28. The zero-order valence-electron chi connectivity index (χ0n) is 12.9. The Morgan fingerprint density at radius 1 is 1.52 bits per heavy atom. The van der Waals surface area contributed by atoms with Crippen LogP contribution >= 0.6 is 11.3 Å². The lowest BCUT2D eigenvalue weighted by Crippen LogP contribution is -2.43. The maximum atomic E-state index is 12.6. The molecule has 0 aromatic carbocycles. The third-order valence-electron chi connectivity index (χ3n) is 4.15. The summed E-state index contributed by atoms with van der Waals surface area (Å²) >= 11 is 1.40. The molecule has 7 heteroatoms. The summed E-state index contributed by atoms with van der Waals surface area (Å²) in [6.45, 7) is 0.701. The van der Waals surface area contributed by atoms with E-state index in [0.717, 1.165) is 25.7 Å². The standard InChI is InChI=1S/C16H21N3O3S/c20-13(14-6-4-9-22-14)11-12-5-2-1-3-8-19(12)16(21)18-15-17-7-10-23-15/h4,6-7,9-10,12-13,20H,1-3,5,8,11H2,(H,17,18,21)/t12-,13+/m1/s1. The number of hydrogen-bond donors (Lipinski definition) is 2. The van der Waals surface area contributed by atoms with Crippen LogP contribution in [0.25, 0.3) is 0 Å². The minimum atomic E-state index is -0.691. The average Bonchev–Trinajstić information content (AvgIpc) is 3.19. The van der Waals surface area contributed by atoms with Crippen LogP contribution < -0.4 is 5.32 Å². The first kappa shape index (κ1) is 16.0. The molecule has 2 N–H and O–H groups in total. The van der Waals surface area contributed by atoms with Crippen molar-refractivity contribution >= 4 is 22.5 Å². The van der Waals surface area contributed by atoms with Gasteiger partial charge in [-0.15, -0.1) is 11.3 Å². The van der Waals surface area contributed by atoms with Crippen molar-refractivity contribution in [3.63, 3.8) is 0 Å². The molecule has 2 aromatic heterocycles. The van der Waals surface area contributed by atoms with Gasteiger partial charge in [-0.1, -0.05) is 12.8 Å². The van der Waals surface area contributed by atoms with Crippen LogP contribution in [0, 0.1) is 0 Å². The van der Waals surface area contributed by atoms with Gasteiger partial charge in [-0.2, -0.15) is 0 Å². The quantitative estimate of drug-likeness (QED) is 0.894. The predicted octanol–water partition coefficient (Wildman–Crippen LogP) is 3.64. The summed E-state index contributed by atoms with van der Waals surface area (Å²) in [6, 6.07) is 3.39. The van der Waals surface area contributed by atoms with Gasteiger partial charge in [-0.25, -0.2) is 9.78 Å². The van der Waals surface area contributed by atoms with Crippen molar-refractivity contribution in [2.75, 3.05) is 11.9 Å². The van der Waals surface area contributed by atoms with Gasteiger partial charge in [-0.05, 0) is 25.0 Å². The number of likely N-dealkylation sites (tertiary alicyclic amines) is 1. The molecule has 124 valence electrons. The van der Waals surface area contributed by atoms with E-state index in [4.69, 9.17) is 4.42 Å². The molecule has 2 atom stereocenters. The first-order valence-electron chi connectivity index (χ1n) is 7.92. The fourth-order valence-electron chi connectivity index (χ4n) is 2.99. The van der Waals surface area contributed by atoms with Crippen LogP contribution in [0.15, 0.2) is 34.4 Å². The summed E-state index contributed by atoms with van der Waals surface area (Å²) < 4.78 is 5.27. The molecule has 2 aromatic rings. The van der Waals surface area contributed by atoms with Crippen LogP contribution in [0.3, 0.4) is 0 Å². The highest BCUT2D eigenvalue weighted by atomic mass is 32.1. The molecule has 0 unspecified atom stereocenters. The third kappa shape index (κ3) is 4.11. The molecule has 1 saturated heterocycles. The van der Waals surface area contributed by atoms with E-state index in [-0.39, 0.29) is 12.1 Å². The van der Waals surface area contributed by atoms with E-state index in [9.17, 15) is 9.90 Å². The molecule has 1 fully saturated rings. The number of nitrogens with zero attached hydrogens (tertiary/aromatic N) is 2. The number of urea groups is 1. The number of amides is 2. The van der Waals surface area contributed by atoms with Crippen molar-refractivity contribution in [2.24, 2.45) is 0 Å². The lowest BCUT2D eigenvalue weighted by atomic mass is 10.0. The Morgan fingerprint density at radius 2 is 2.43 bits per heavy atom. The number of carbonyl (C=O) groups excluding carboxylic acids is 1. The first-order valence-corrected chi connectivity index (χ1v) is 8.80. The Balaban J connectivity index is 1.68. The molecule has 1 aliphatic rings. The maximum absolute atomic E-state index is 12.6. The van der Waals surface area contributed by atoms with E-state index in [1.807, 2.05) is 10.3 Å². The molecule has 0 saturated carbocycles. The van der Waals surface area contributed by atoms with E-state index in [1.54, 1.807) is 24.6 Å². The highest BCUT2D eigenvalue weighted by Crippen LogP contribution is 2.27. The van der Waals surface area contributed by atoms with Gasteiger partial charge in [0.2, 0.25) is 0 Å².